The molecule has 0 unspecified atom stereocenters. The Morgan fingerprint density at radius 2 is 1.65 bits per heavy atom. The lowest BCUT2D eigenvalue weighted by molar-refractivity contribution is -0.108. The first-order valence-corrected chi connectivity index (χ1v) is 9.00. The Hall–Kier alpha value is -1.85. The van der Waals surface area contributed by atoms with Crippen molar-refractivity contribution in [2.24, 2.45) is 5.92 Å². The van der Waals surface area contributed by atoms with Gasteiger partial charge in [0, 0.05) is 16.9 Å². The van der Waals surface area contributed by atoms with E-state index in [2.05, 4.69) is 0 Å². The first-order chi connectivity index (χ1) is 11.0. The molecule has 0 aromatic heterocycles. The summed E-state index contributed by atoms with van der Waals surface area (Å²) in [4.78, 5) is 11.5. The summed E-state index contributed by atoms with van der Waals surface area (Å²) in [5.74, 6) is -0.155. The monoisotopic (exact) mass is 350 g/mol. The van der Waals surface area contributed by atoms with Crippen LogP contribution in [0.3, 0.4) is 0 Å². The molecule has 1 aliphatic rings. The van der Waals surface area contributed by atoms with E-state index in [0.29, 0.717) is 10.8 Å². The number of aldehydes is 1. The van der Waals surface area contributed by atoms with Crippen LogP contribution in [0.4, 0.5) is 0 Å². The lowest BCUT2D eigenvalue weighted by atomic mass is 10.1. The van der Waals surface area contributed by atoms with Gasteiger partial charge < -0.3 is 9.53 Å². The van der Waals surface area contributed by atoms with E-state index in [1.165, 1.54) is 24.3 Å². The van der Waals surface area contributed by atoms with Crippen molar-refractivity contribution in [1.29, 1.82) is 0 Å². The maximum absolute atomic E-state index is 12.8. The molecule has 0 heterocycles. The molecule has 2 aromatic rings. The van der Waals surface area contributed by atoms with Crippen LogP contribution in [0.25, 0.3) is 0 Å². The highest BCUT2D eigenvalue weighted by Gasteiger charge is 2.59. The lowest BCUT2D eigenvalue weighted by Crippen LogP contribution is -2.11. The van der Waals surface area contributed by atoms with Crippen molar-refractivity contribution in [1.82, 2.24) is 0 Å². The van der Waals surface area contributed by atoms with E-state index in [1.54, 1.807) is 31.4 Å². The quantitative estimate of drug-likeness (QED) is 0.777. The van der Waals surface area contributed by atoms with Crippen molar-refractivity contribution in [3.63, 3.8) is 0 Å². The first kappa shape index (κ1) is 16.0. The summed E-state index contributed by atoms with van der Waals surface area (Å²) >= 11 is 5.80. The van der Waals surface area contributed by atoms with Crippen molar-refractivity contribution in [2.75, 3.05) is 7.11 Å². The van der Waals surface area contributed by atoms with Crippen molar-refractivity contribution >= 4 is 27.7 Å². The fourth-order valence-corrected chi connectivity index (χ4v) is 5.12. The fraction of sp³-hybridized carbons (Fsp3) is 0.235. The number of benzene rings is 2. The smallest absolute Gasteiger partial charge is 0.182 e. The Morgan fingerprint density at radius 1 is 1.04 bits per heavy atom. The SMILES string of the molecule is COc1ccc([C@@H]2[C@H](C=O)[C@H]2S(=O)(=O)c2ccc(Cl)cc2)cc1. The molecule has 0 aliphatic heterocycles. The second-order valence-electron chi connectivity index (χ2n) is 5.48. The Kier molecular flexibility index (Phi) is 4.17. The van der Waals surface area contributed by atoms with Gasteiger partial charge in [0.2, 0.25) is 0 Å². The van der Waals surface area contributed by atoms with Gasteiger partial charge in [-0.1, -0.05) is 23.7 Å². The van der Waals surface area contributed by atoms with E-state index in [4.69, 9.17) is 16.3 Å². The minimum Gasteiger partial charge on any atom is -0.497 e. The minimum absolute atomic E-state index is 0.190. The molecule has 23 heavy (non-hydrogen) atoms. The summed E-state index contributed by atoms with van der Waals surface area (Å²) in [6.07, 6.45) is 0.729. The summed E-state index contributed by atoms with van der Waals surface area (Å²) in [7, 11) is -2.01. The lowest BCUT2D eigenvalue weighted by Gasteiger charge is -2.05. The van der Waals surface area contributed by atoms with E-state index in [-0.39, 0.29) is 10.8 Å². The van der Waals surface area contributed by atoms with Gasteiger partial charge in [-0.25, -0.2) is 8.42 Å². The van der Waals surface area contributed by atoms with Crippen molar-refractivity contribution in [3.8, 4) is 5.75 Å². The third kappa shape index (κ3) is 2.86. The van der Waals surface area contributed by atoms with E-state index in [9.17, 15) is 13.2 Å². The summed E-state index contributed by atoms with van der Waals surface area (Å²) in [5, 5.41) is -0.257. The molecule has 1 fully saturated rings. The summed E-state index contributed by atoms with van der Waals surface area (Å²) in [5.41, 5.74) is 0.824. The molecule has 1 aliphatic carbocycles. The standard InChI is InChI=1S/C17H15ClO4S/c1-22-13-6-2-11(3-7-13)16-15(10-19)17(16)23(20,21)14-8-4-12(18)5-9-14/h2-10,15-17H,1H3/t15-,16+,17+/m0/s1. The highest BCUT2D eigenvalue weighted by molar-refractivity contribution is 7.92. The van der Waals surface area contributed by atoms with Gasteiger partial charge in [-0.3, -0.25) is 0 Å². The highest BCUT2D eigenvalue weighted by Crippen LogP contribution is 2.53. The van der Waals surface area contributed by atoms with Crippen LogP contribution in [0.15, 0.2) is 53.4 Å². The summed E-state index contributed by atoms with van der Waals surface area (Å²) < 4.78 is 30.6. The van der Waals surface area contributed by atoms with E-state index >= 15 is 0 Å². The molecule has 6 heteroatoms. The Balaban J connectivity index is 1.92. The van der Waals surface area contributed by atoms with Gasteiger partial charge in [0.05, 0.1) is 17.3 Å². The number of hydrogen-bond donors (Lipinski definition) is 0. The minimum atomic E-state index is -3.58. The average molecular weight is 351 g/mol. The second kappa shape index (κ2) is 5.98. The topological polar surface area (TPSA) is 60.4 Å². The van der Waals surface area contributed by atoms with E-state index in [0.717, 1.165) is 11.8 Å². The van der Waals surface area contributed by atoms with Crippen molar-refractivity contribution < 1.29 is 17.9 Å². The van der Waals surface area contributed by atoms with Gasteiger partial charge in [-0.05, 0) is 42.0 Å². The maximum atomic E-state index is 12.8. The predicted molar refractivity (Wildman–Crippen MR) is 87.7 cm³/mol. The van der Waals surface area contributed by atoms with Gasteiger partial charge in [-0.15, -0.1) is 0 Å². The summed E-state index contributed by atoms with van der Waals surface area (Å²) in [6.45, 7) is 0. The van der Waals surface area contributed by atoms with Crippen LogP contribution in [-0.4, -0.2) is 27.1 Å². The number of carbonyl (C=O) groups is 1. The summed E-state index contributed by atoms with van der Waals surface area (Å²) in [6, 6.07) is 13.2. The predicted octanol–water partition coefficient (Wildman–Crippen LogP) is 3.10. The van der Waals surface area contributed by atoms with Crippen molar-refractivity contribution in [3.05, 3.63) is 59.1 Å². The van der Waals surface area contributed by atoms with Gasteiger partial charge >= 0.3 is 0 Å². The molecule has 3 rings (SSSR count). The normalized spacial score (nSPS) is 23.3. The Morgan fingerprint density at radius 3 is 2.17 bits per heavy atom. The van der Waals surface area contributed by atoms with Crippen LogP contribution in [0, 0.1) is 5.92 Å². The van der Waals surface area contributed by atoms with Gasteiger partial charge in [0.15, 0.2) is 9.84 Å². The van der Waals surface area contributed by atoms with Crippen LogP contribution in [-0.2, 0) is 14.6 Å². The number of ether oxygens (including phenoxy) is 1. The molecule has 3 atom stereocenters. The zero-order valence-electron chi connectivity index (χ0n) is 12.3. The van der Waals surface area contributed by atoms with Crippen LogP contribution >= 0.6 is 11.6 Å². The second-order valence-corrected chi connectivity index (χ2v) is 8.02. The molecule has 2 aromatic carbocycles. The van der Waals surface area contributed by atoms with Crippen LogP contribution in [0.2, 0.25) is 5.02 Å². The molecule has 0 spiro atoms. The zero-order valence-corrected chi connectivity index (χ0v) is 13.9. The molecule has 4 nitrogen and oxygen atoms in total. The fourth-order valence-electron chi connectivity index (χ4n) is 2.89. The van der Waals surface area contributed by atoms with E-state index in [1.807, 2.05) is 0 Å². The van der Waals surface area contributed by atoms with Gasteiger partial charge in [0.1, 0.15) is 12.0 Å². The number of carbonyl (C=O) groups excluding carboxylic acids is 1. The largest absolute Gasteiger partial charge is 0.497 e. The van der Waals surface area contributed by atoms with Crippen LogP contribution < -0.4 is 4.74 Å². The number of halogens is 1. The molecular weight excluding hydrogens is 336 g/mol. The number of rotatable bonds is 5. The average Bonchev–Trinajstić information content (AvgIpc) is 3.31. The number of hydrogen-bond acceptors (Lipinski definition) is 4. The number of sulfone groups is 1. The van der Waals surface area contributed by atoms with Crippen LogP contribution in [0.5, 0.6) is 5.75 Å². The van der Waals surface area contributed by atoms with Gasteiger partial charge in [0.25, 0.3) is 0 Å². The molecule has 0 N–H and O–H groups in total. The zero-order chi connectivity index (χ0) is 16.6. The third-order valence-corrected chi connectivity index (χ3v) is 6.67. The molecule has 1 saturated carbocycles. The maximum Gasteiger partial charge on any atom is 0.182 e. The molecular formula is C17H15ClO4S. The molecule has 0 bridgehead atoms. The molecule has 0 radical (unpaired) electrons. The highest BCUT2D eigenvalue weighted by atomic mass is 35.5. The van der Waals surface area contributed by atoms with Crippen molar-refractivity contribution in [2.45, 2.75) is 16.1 Å². The van der Waals surface area contributed by atoms with E-state index < -0.39 is 21.0 Å². The Bertz CT molecular complexity index is 813. The van der Waals surface area contributed by atoms with Crippen LogP contribution in [0.1, 0.15) is 11.5 Å². The molecule has 0 amide bonds. The Labute approximate surface area is 140 Å². The molecule has 0 saturated heterocycles. The number of methoxy groups -OCH3 is 1. The first-order valence-electron chi connectivity index (χ1n) is 7.07. The third-order valence-electron chi connectivity index (χ3n) is 4.17. The van der Waals surface area contributed by atoms with Gasteiger partial charge in [-0.2, -0.15) is 0 Å². The molecule has 120 valence electrons.